The molecule has 102 valence electrons. The molecule has 0 atom stereocenters. The Labute approximate surface area is 113 Å². The average Bonchev–Trinajstić information content (AvgIpc) is 2.89. The van der Waals surface area contributed by atoms with Gasteiger partial charge in [-0.25, -0.2) is 0 Å². The highest BCUT2D eigenvalue weighted by Gasteiger charge is 2.22. The first-order valence-corrected chi connectivity index (χ1v) is 7.04. The van der Waals surface area contributed by atoms with Gasteiger partial charge >= 0.3 is 0 Å². The zero-order valence-corrected chi connectivity index (χ0v) is 11.4. The Balaban J connectivity index is 1.83. The summed E-state index contributed by atoms with van der Waals surface area (Å²) in [6, 6.07) is 6.14. The predicted molar refractivity (Wildman–Crippen MR) is 74.8 cm³/mol. The zero-order chi connectivity index (χ0) is 13.2. The second kappa shape index (κ2) is 5.21. The highest BCUT2D eigenvalue weighted by Crippen LogP contribution is 2.29. The quantitative estimate of drug-likeness (QED) is 0.808. The van der Waals surface area contributed by atoms with Gasteiger partial charge in [0.25, 0.3) is 5.91 Å². The van der Waals surface area contributed by atoms with E-state index in [2.05, 4.69) is 24.0 Å². The first kappa shape index (κ1) is 12.5. The second-order valence-corrected chi connectivity index (χ2v) is 5.08. The largest absolute Gasteiger partial charge is 0.378 e. The number of carbonyl (C=O) groups is 1. The Morgan fingerprint density at radius 2 is 2.05 bits per heavy atom. The molecular weight excluding hydrogens is 240 g/mol. The van der Waals surface area contributed by atoms with Crippen LogP contribution in [0.15, 0.2) is 18.2 Å². The number of nitrogens with zero attached hydrogens (tertiary/aromatic N) is 2. The van der Waals surface area contributed by atoms with E-state index in [1.165, 1.54) is 11.3 Å². The van der Waals surface area contributed by atoms with Gasteiger partial charge in [-0.05, 0) is 31.0 Å². The van der Waals surface area contributed by atoms with Crippen LogP contribution in [0.5, 0.6) is 0 Å². The Morgan fingerprint density at radius 3 is 2.79 bits per heavy atom. The molecule has 1 aromatic rings. The lowest BCUT2D eigenvalue weighted by Crippen LogP contribution is -2.40. The molecule has 0 spiro atoms. The Kier molecular flexibility index (Phi) is 3.42. The van der Waals surface area contributed by atoms with Gasteiger partial charge in [-0.3, -0.25) is 4.79 Å². The highest BCUT2D eigenvalue weighted by atomic mass is 16.5. The molecule has 2 heterocycles. The number of fused-ring (bicyclic) bond motifs is 1. The molecule has 0 bridgehead atoms. The molecule has 1 fully saturated rings. The zero-order valence-electron chi connectivity index (χ0n) is 11.4. The third kappa shape index (κ3) is 2.32. The van der Waals surface area contributed by atoms with E-state index in [1.807, 2.05) is 11.0 Å². The van der Waals surface area contributed by atoms with E-state index >= 15 is 0 Å². The maximum atomic E-state index is 12.4. The number of carbonyl (C=O) groups excluding carboxylic acids is 1. The number of likely N-dealkylation sites (N-methyl/N-ethyl adjacent to an activating group) is 1. The topological polar surface area (TPSA) is 32.8 Å². The fourth-order valence-corrected chi connectivity index (χ4v) is 2.86. The summed E-state index contributed by atoms with van der Waals surface area (Å²) < 4.78 is 5.29. The fraction of sp³-hybridized carbons (Fsp3) is 0.533. The summed E-state index contributed by atoms with van der Waals surface area (Å²) in [6.45, 7) is 6.94. The van der Waals surface area contributed by atoms with Crippen LogP contribution in [0.2, 0.25) is 0 Å². The molecule has 0 saturated carbocycles. The number of morpholine rings is 1. The van der Waals surface area contributed by atoms with E-state index in [4.69, 9.17) is 4.74 Å². The summed E-state index contributed by atoms with van der Waals surface area (Å²) in [5.74, 6) is 0.133. The molecule has 1 aromatic carbocycles. The van der Waals surface area contributed by atoms with Gasteiger partial charge in [0.15, 0.2) is 0 Å². The fourth-order valence-electron chi connectivity index (χ4n) is 2.86. The maximum absolute atomic E-state index is 12.4. The van der Waals surface area contributed by atoms with Crippen LogP contribution in [0.3, 0.4) is 0 Å². The lowest BCUT2D eigenvalue weighted by molar-refractivity contribution is 0.0303. The van der Waals surface area contributed by atoms with Crippen LogP contribution in [0.25, 0.3) is 0 Å². The first-order valence-electron chi connectivity index (χ1n) is 7.04. The molecule has 1 saturated heterocycles. The van der Waals surface area contributed by atoms with E-state index in [1.54, 1.807) is 0 Å². The Morgan fingerprint density at radius 1 is 1.26 bits per heavy atom. The maximum Gasteiger partial charge on any atom is 0.254 e. The average molecular weight is 260 g/mol. The van der Waals surface area contributed by atoms with Crippen molar-refractivity contribution in [1.29, 1.82) is 0 Å². The minimum absolute atomic E-state index is 0.133. The molecule has 0 N–H and O–H groups in total. The van der Waals surface area contributed by atoms with E-state index in [0.29, 0.717) is 26.3 Å². The normalized spacial score (nSPS) is 18.6. The highest BCUT2D eigenvalue weighted by molar-refractivity contribution is 5.95. The van der Waals surface area contributed by atoms with Gasteiger partial charge in [0.1, 0.15) is 0 Å². The van der Waals surface area contributed by atoms with Gasteiger partial charge < -0.3 is 14.5 Å². The van der Waals surface area contributed by atoms with Crippen molar-refractivity contribution in [1.82, 2.24) is 4.90 Å². The molecule has 2 aliphatic heterocycles. The number of hydrogen-bond acceptors (Lipinski definition) is 3. The number of amides is 1. The van der Waals surface area contributed by atoms with E-state index in [0.717, 1.165) is 25.1 Å². The van der Waals surface area contributed by atoms with Crippen molar-refractivity contribution in [2.45, 2.75) is 13.3 Å². The number of ether oxygens (including phenoxy) is 1. The second-order valence-electron chi connectivity index (χ2n) is 5.08. The summed E-state index contributed by atoms with van der Waals surface area (Å²) in [5, 5.41) is 0. The van der Waals surface area contributed by atoms with Crippen LogP contribution < -0.4 is 4.90 Å². The monoisotopic (exact) mass is 260 g/mol. The first-order chi connectivity index (χ1) is 9.29. The van der Waals surface area contributed by atoms with Gasteiger partial charge in [-0.2, -0.15) is 0 Å². The SMILES string of the molecule is CCN1CCc2ccc(C(=O)N3CCOCC3)cc21. The van der Waals surface area contributed by atoms with Crippen molar-refractivity contribution in [2.75, 3.05) is 44.3 Å². The van der Waals surface area contributed by atoms with Crippen molar-refractivity contribution in [3.63, 3.8) is 0 Å². The van der Waals surface area contributed by atoms with Crippen LogP contribution in [-0.4, -0.2) is 50.2 Å². The summed E-state index contributed by atoms with van der Waals surface area (Å²) in [4.78, 5) is 16.7. The van der Waals surface area contributed by atoms with Gasteiger partial charge in [0.05, 0.1) is 13.2 Å². The molecule has 19 heavy (non-hydrogen) atoms. The van der Waals surface area contributed by atoms with E-state index in [9.17, 15) is 4.79 Å². The van der Waals surface area contributed by atoms with E-state index in [-0.39, 0.29) is 5.91 Å². The van der Waals surface area contributed by atoms with Gasteiger partial charge in [0.2, 0.25) is 0 Å². The van der Waals surface area contributed by atoms with Crippen molar-refractivity contribution < 1.29 is 9.53 Å². The van der Waals surface area contributed by atoms with Crippen molar-refractivity contribution in [3.8, 4) is 0 Å². The van der Waals surface area contributed by atoms with Gasteiger partial charge in [-0.15, -0.1) is 0 Å². The van der Waals surface area contributed by atoms with Crippen LogP contribution in [0.1, 0.15) is 22.8 Å². The van der Waals surface area contributed by atoms with Crippen molar-refractivity contribution in [2.24, 2.45) is 0 Å². The molecule has 0 aromatic heterocycles. The van der Waals surface area contributed by atoms with Crippen LogP contribution >= 0.6 is 0 Å². The van der Waals surface area contributed by atoms with Gasteiger partial charge in [-0.1, -0.05) is 6.07 Å². The molecule has 2 aliphatic rings. The van der Waals surface area contributed by atoms with E-state index < -0.39 is 0 Å². The number of anilines is 1. The third-order valence-electron chi connectivity index (χ3n) is 4.00. The number of rotatable bonds is 2. The summed E-state index contributed by atoms with van der Waals surface area (Å²) in [6.07, 6.45) is 1.09. The molecule has 0 radical (unpaired) electrons. The Bertz CT molecular complexity index is 481. The van der Waals surface area contributed by atoms with Gasteiger partial charge in [0, 0.05) is 37.4 Å². The van der Waals surface area contributed by atoms with Crippen LogP contribution in [0.4, 0.5) is 5.69 Å². The molecule has 3 rings (SSSR count). The van der Waals surface area contributed by atoms with Crippen molar-refractivity contribution >= 4 is 11.6 Å². The minimum atomic E-state index is 0.133. The summed E-state index contributed by atoms with van der Waals surface area (Å²) >= 11 is 0. The summed E-state index contributed by atoms with van der Waals surface area (Å²) in [7, 11) is 0. The molecule has 4 heteroatoms. The minimum Gasteiger partial charge on any atom is -0.378 e. The van der Waals surface area contributed by atoms with Crippen molar-refractivity contribution in [3.05, 3.63) is 29.3 Å². The van der Waals surface area contributed by atoms with Crippen LogP contribution in [0, 0.1) is 0 Å². The molecule has 0 aliphatic carbocycles. The molecule has 1 amide bonds. The molecule has 0 unspecified atom stereocenters. The Hall–Kier alpha value is -1.55. The number of hydrogen-bond donors (Lipinski definition) is 0. The molecule has 4 nitrogen and oxygen atoms in total. The lowest BCUT2D eigenvalue weighted by Gasteiger charge is -2.27. The van der Waals surface area contributed by atoms with Crippen LogP contribution in [-0.2, 0) is 11.2 Å². The standard InChI is InChI=1S/C15H20N2O2/c1-2-16-6-5-12-3-4-13(11-14(12)16)15(18)17-7-9-19-10-8-17/h3-4,11H,2,5-10H2,1H3. The summed E-state index contributed by atoms with van der Waals surface area (Å²) in [5.41, 5.74) is 3.41. The number of benzene rings is 1. The smallest absolute Gasteiger partial charge is 0.254 e. The lowest BCUT2D eigenvalue weighted by atomic mass is 10.1. The molecular formula is C15H20N2O2. The third-order valence-corrected chi connectivity index (χ3v) is 4.00. The predicted octanol–water partition coefficient (Wildman–Crippen LogP) is 1.54.